The number of aliphatic imine (C=N–C) groups is 1. The lowest BCUT2D eigenvalue weighted by Crippen LogP contribution is -2.30. The molecule has 0 aromatic heterocycles. The Morgan fingerprint density at radius 1 is 1.57 bits per heavy atom. The molecule has 0 bridgehead atoms. The lowest BCUT2D eigenvalue weighted by molar-refractivity contribution is 0.357. The van der Waals surface area contributed by atoms with Crippen molar-refractivity contribution in [3.05, 3.63) is 29.3 Å². The number of nitrogens with zero attached hydrogens (tertiary/aromatic N) is 1. The second kappa shape index (κ2) is 3.67. The summed E-state index contributed by atoms with van der Waals surface area (Å²) in [5.41, 5.74) is 4.79. The summed E-state index contributed by atoms with van der Waals surface area (Å²) in [6, 6.07) is 5.97. The van der Waals surface area contributed by atoms with Gasteiger partial charge in [-0.2, -0.15) is 0 Å². The fourth-order valence-corrected chi connectivity index (χ4v) is 1.61. The molecule has 0 atom stereocenters. The van der Waals surface area contributed by atoms with Gasteiger partial charge in [-0.05, 0) is 23.8 Å². The van der Waals surface area contributed by atoms with Crippen LogP contribution in [-0.2, 0) is 6.42 Å². The Bertz CT molecular complexity index is 374. The van der Waals surface area contributed by atoms with Gasteiger partial charge in [0.05, 0.1) is 6.61 Å². The second-order valence-corrected chi connectivity index (χ2v) is 3.14. The van der Waals surface area contributed by atoms with Crippen LogP contribution in [0.5, 0.6) is 5.75 Å². The number of hydrazine groups is 1. The van der Waals surface area contributed by atoms with Crippen LogP contribution in [0.25, 0.3) is 0 Å². The fraction of sp³-hybridized carbons (Fsp3) is 0.300. The summed E-state index contributed by atoms with van der Waals surface area (Å²) >= 11 is 0. The van der Waals surface area contributed by atoms with Crippen LogP contribution < -0.4 is 16.0 Å². The van der Waals surface area contributed by atoms with Crippen molar-refractivity contribution in [2.75, 3.05) is 13.7 Å². The molecular formula is C10H13N3O. The van der Waals surface area contributed by atoms with Gasteiger partial charge in [-0.15, -0.1) is 0 Å². The first kappa shape index (κ1) is 9.02. The Morgan fingerprint density at radius 2 is 2.43 bits per heavy atom. The van der Waals surface area contributed by atoms with Crippen molar-refractivity contribution in [2.45, 2.75) is 6.42 Å². The van der Waals surface area contributed by atoms with Gasteiger partial charge in [-0.3, -0.25) is 4.99 Å². The molecule has 0 radical (unpaired) electrons. The van der Waals surface area contributed by atoms with Gasteiger partial charge in [0.2, 0.25) is 0 Å². The van der Waals surface area contributed by atoms with Gasteiger partial charge in [0.15, 0.2) is 0 Å². The third-order valence-corrected chi connectivity index (χ3v) is 2.32. The van der Waals surface area contributed by atoms with Gasteiger partial charge in [0.25, 0.3) is 0 Å². The molecule has 1 aromatic rings. The van der Waals surface area contributed by atoms with Crippen LogP contribution in [0.15, 0.2) is 23.2 Å². The zero-order chi connectivity index (χ0) is 9.97. The summed E-state index contributed by atoms with van der Waals surface area (Å²) in [5.74, 6) is 7.02. The quantitative estimate of drug-likeness (QED) is 0.293. The van der Waals surface area contributed by atoms with Gasteiger partial charge >= 0.3 is 0 Å². The second-order valence-electron chi connectivity index (χ2n) is 3.14. The van der Waals surface area contributed by atoms with Crippen molar-refractivity contribution >= 4 is 5.84 Å². The molecule has 1 aliphatic heterocycles. The van der Waals surface area contributed by atoms with Crippen molar-refractivity contribution in [3.8, 4) is 5.75 Å². The van der Waals surface area contributed by atoms with E-state index < -0.39 is 0 Å². The van der Waals surface area contributed by atoms with Crippen LogP contribution in [0.4, 0.5) is 0 Å². The molecule has 0 fully saturated rings. The molecule has 1 aliphatic rings. The van der Waals surface area contributed by atoms with Gasteiger partial charge in [0, 0.05) is 19.0 Å². The Labute approximate surface area is 82.8 Å². The van der Waals surface area contributed by atoms with Gasteiger partial charge < -0.3 is 10.2 Å². The molecule has 4 heteroatoms. The number of nitrogens with one attached hydrogen (secondary N) is 1. The molecule has 0 aliphatic carbocycles. The van der Waals surface area contributed by atoms with E-state index >= 15 is 0 Å². The third kappa shape index (κ3) is 1.44. The Balaban J connectivity index is 2.37. The number of hydrogen-bond donors (Lipinski definition) is 2. The molecule has 0 spiro atoms. The smallest absolute Gasteiger partial charge is 0.142 e. The fourth-order valence-electron chi connectivity index (χ4n) is 1.61. The maximum atomic E-state index is 5.41. The number of nitrogens with two attached hydrogens (primary N) is 1. The van der Waals surface area contributed by atoms with Crippen molar-refractivity contribution in [3.63, 3.8) is 0 Å². The molecule has 0 unspecified atom stereocenters. The summed E-state index contributed by atoms with van der Waals surface area (Å²) in [5, 5.41) is 0. The highest BCUT2D eigenvalue weighted by Gasteiger charge is 2.13. The molecule has 4 nitrogen and oxygen atoms in total. The lowest BCUT2D eigenvalue weighted by atomic mass is 10.1. The highest BCUT2D eigenvalue weighted by atomic mass is 16.5. The van der Waals surface area contributed by atoms with E-state index in [4.69, 9.17) is 10.6 Å². The van der Waals surface area contributed by atoms with Gasteiger partial charge in [0.1, 0.15) is 11.6 Å². The average Bonchev–Trinajstić information content (AvgIpc) is 2.66. The average molecular weight is 191 g/mol. The van der Waals surface area contributed by atoms with Crippen molar-refractivity contribution in [2.24, 2.45) is 10.8 Å². The molecule has 3 N–H and O–H groups in total. The number of rotatable bonds is 1. The molecule has 14 heavy (non-hydrogen) atoms. The summed E-state index contributed by atoms with van der Waals surface area (Å²) in [7, 11) is 1.71. The van der Waals surface area contributed by atoms with Crippen LogP contribution >= 0.6 is 0 Å². The Hall–Kier alpha value is -1.55. The summed E-state index contributed by atoms with van der Waals surface area (Å²) < 4.78 is 5.41. The molecule has 2 rings (SSSR count). The van der Waals surface area contributed by atoms with E-state index in [1.54, 1.807) is 7.05 Å². The van der Waals surface area contributed by atoms with E-state index in [1.165, 1.54) is 5.56 Å². The topological polar surface area (TPSA) is 59.6 Å². The van der Waals surface area contributed by atoms with Crippen LogP contribution in [0.2, 0.25) is 0 Å². The Morgan fingerprint density at radius 3 is 3.14 bits per heavy atom. The molecule has 0 amide bonds. The Kier molecular flexibility index (Phi) is 2.37. The van der Waals surface area contributed by atoms with Crippen LogP contribution in [0, 0.1) is 0 Å². The SMILES string of the molecule is CN=C(NN)c1ccc2c(c1)CCO2. The van der Waals surface area contributed by atoms with Crippen molar-refractivity contribution < 1.29 is 4.74 Å². The van der Waals surface area contributed by atoms with Crippen molar-refractivity contribution in [1.82, 2.24) is 5.43 Å². The number of fused-ring (bicyclic) bond motifs is 1. The van der Waals surface area contributed by atoms with E-state index in [0.29, 0.717) is 5.84 Å². The molecule has 1 aromatic carbocycles. The minimum Gasteiger partial charge on any atom is -0.493 e. The first-order chi connectivity index (χ1) is 6.85. The highest BCUT2D eigenvalue weighted by Crippen LogP contribution is 2.25. The van der Waals surface area contributed by atoms with Crippen LogP contribution in [0.1, 0.15) is 11.1 Å². The molecule has 0 saturated carbocycles. The monoisotopic (exact) mass is 191 g/mol. The third-order valence-electron chi connectivity index (χ3n) is 2.32. The summed E-state index contributed by atoms with van der Waals surface area (Å²) in [6.45, 7) is 0.771. The van der Waals surface area contributed by atoms with E-state index in [-0.39, 0.29) is 0 Å². The first-order valence-electron chi connectivity index (χ1n) is 4.54. The van der Waals surface area contributed by atoms with E-state index in [2.05, 4.69) is 16.5 Å². The van der Waals surface area contributed by atoms with E-state index in [1.807, 2.05) is 12.1 Å². The predicted molar refractivity (Wildman–Crippen MR) is 55.4 cm³/mol. The number of amidine groups is 1. The van der Waals surface area contributed by atoms with Gasteiger partial charge in [-0.1, -0.05) is 0 Å². The number of ether oxygens (including phenoxy) is 1. The standard InChI is InChI=1S/C10H13N3O/c1-12-10(13-11)8-2-3-9-7(6-8)4-5-14-9/h2-3,6H,4-5,11H2,1H3,(H,12,13). The van der Waals surface area contributed by atoms with Crippen molar-refractivity contribution in [1.29, 1.82) is 0 Å². The summed E-state index contributed by atoms with van der Waals surface area (Å²) in [6.07, 6.45) is 0.963. The number of hydrogen-bond acceptors (Lipinski definition) is 3. The number of benzene rings is 1. The normalized spacial score (nSPS) is 14.9. The maximum absolute atomic E-state index is 5.41. The minimum absolute atomic E-state index is 0.694. The molecule has 1 heterocycles. The highest BCUT2D eigenvalue weighted by molar-refractivity contribution is 5.98. The lowest BCUT2D eigenvalue weighted by Gasteiger charge is -2.06. The predicted octanol–water partition coefficient (Wildman–Crippen LogP) is 0.461. The van der Waals surface area contributed by atoms with E-state index in [0.717, 1.165) is 24.3 Å². The maximum Gasteiger partial charge on any atom is 0.142 e. The van der Waals surface area contributed by atoms with Gasteiger partial charge in [-0.25, -0.2) is 5.84 Å². The summed E-state index contributed by atoms with van der Waals surface area (Å²) in [4.78, 5) is 4.04. The van der Waals surface area contributed by atoms with Crippen LogP contribution in [0.3, 0.4) is 0 Å². The zero-order valence-corrected chi connectivity index (χ0v) is 8.08. The largest absolute Gasteiger partial charge is 0.493 e. The first-order valence-corrected chi connectivity index (χ1v) is 4.54. The van der Waals surface area contributed by atoms with E-state index in [9.17, 15) is 0 Å². The zero-order valence-electron chi connectivity index (χ0n) is 8.08. The minimum atomic E-state index is 0.694. The molecule has 0 saturated heterocycles. The van der Waals surface area contributed by atoms with Crippen LogP contribution in [-0.4, -0.2) is 19.5 Å². The molecule has 74 valence electrons. The molecular weight excluding hydrogens is 178 g/mol.